The van der Waals surface area contributed by atoms with Crippen molar-refractivity contribution in [2.75, 3.05) is 13.6 Å². The van der Waals surface area contributed by atoms with Gasteiger partial charge in [-0.05, 0) is 31.6 Å². The van der Waals surface area contributed by atoms with Crippen LogP contribution in [0.3, 0.4) is 0 Å². The first-order chi connectivity index (χ1) is 6.71. The molecule has 1 rings (SSSR count). The number of quaternary nitrogens is 1. The molecule has 0 unspecified atom stereocenters. The molecule has 15 heavy (non-hydrogen) atoms. The predicted molar refractivity (Wildman–Crippen MR) is 65.3 cm³/mol. The lowest BCUT2D eigenvalue weighted by atomic mass is 9.85. The first-order valence-corrected chi connectivity index (χ1v) is 6.27. The van der Waals surface area contributed by atoms with Crippen LogP contribution < -0.4 is 0 Å². The molecule has 90 valence electrons. The quantitative estimate of drug-likeness (QED) is 0.508. The topological polar surface area (TPSA) is 23.1 Å². The van der Waals surface area contributed by atoms with Crippen molar-refractivity contribution in [3.05, 3.63) is 5.21 Å². The number of rotatable bonds is 2. The van der Waals surface area contributed by atoms with E-state index in [4.69, 9.17) is 0 Å². The van der Waals surface area contributed by atoms with Gasteiger partial charge in [-0.15, -0.1) is 0 Å². The average Bonchev–Trinajstić information content (AvgIpc) is 2.00. The zero-order chi connectivity index (χ0) is 11.7. The maximum Gasteiger partial charge on any atom is 0.0885 e. The van der Waals surface area contributed by atoms with Crippen molar-refractivity contribution in [2.45, 2.75) is 59.4 Å². The second kappa shape index (κ2) is 4.42. The molecule has 0 aliphatic heterocycles. The minimum absolute atomic E-state index is 0.0315. The summed E-state index contributed by atoms with van der Waals surface area (Å²) in [6.45, 7) is 9.52. The van der Waals surface area contributed by atoms with E-state index >= 15 is 0 Å². The van der Waals surface area contributed by atoms with Gasteiger partial charge in [0.25, 0.3) is 0 Å². The first-order valence-electron chi connectivity index (χ1n) is 6.27. The Morgan fingerprint density at radius 1 is 1.13 bits per heavy atom. The minimum atomic E-state index is -0.0315. The second-order valence-electron chi connectivity index (χ2n) is 6.81. The summed E-state index contributed by atoms with van der Waals surface area (Å²) in [6, 6.07) is 0.348. The molecule has 1 saturated carbocycles. The van der Waals surface area contributed by atoms with Crippen LogP contribution in [-0.4, -0.2) is 24.3 Å². The van der Waals surface area contributed by atoms with E-state index in [9.17, 15) is 5.21 Å². The van der Waals surface area contributed by atoms with Crippen molar-refractivity contribution in [2.24, 2.45) is 11.3 Å². The molecule has 1 fully saturated rings. The summed E-state index contributed by atoms with van der Waals surface area (Å²) in [5.41, 5.74) is 0.138. The molecule has 1 aliphatic rings. The molecule has 0 aromatic carbocycles. The maximum atomic E-state index is 12.5. The molecule has 1 atom stereocenters. The molecule has 0 bridgehead atoms. The Morgan fingerprint density at radius 3 is 2.00 bits per heavy atom. The Bertz CT molecular complexity index is 197. The third-order valence-corrected chi connectivity index (χ3v) is 3.55. The van der Waals surface area contributed by atoms with Gasteiger partial charge in [-0.1, -0.05) is 27.7 Å². The molecule has 0 saturated heterocycles. The SMILES string of the molecule is CC1CCC([N@@+](C)([O-])CC(C)(C)C)CC1. The molecule has 0 heterocycles. The van der Waals surface area contributed by atoms with E-state index in [2.05, 4.69) is 27.7 Å². The molecule has 0 N–H and O–H groups in total. The largest absolute Gasteiger partial charge is 0.633 e. The Kier molecular flexibility index (Phi) is 3.83. The Balaban J connectivity index is 2.54. The van der Waals surface area contributed by atoms with E-state index < -0.39 is 0 Å². The summed E-state index contributed by atoms with van der Waals surface area (Å²) in [6.07, 6.45) is 4.73. The molecular formula is C13H27NO. The van der Waals surface area contributed by atoms with E-state index in [0.29, 0.717) is 6.04 Å². The van der Waals surface area contributed by atoms with Crippen molar-refractivity contribution in [1.82, 2.24) is 0 Å². The van der Waals surface area contributed by atoms with E-state index in [1.807, 2.05) is 7.05 Å². The number of hydroxylamine groups is 3. The van der Waals surface area contributed by atoms with Crippen molar-refractivity contribution < 1.29 is 4.65 Å². The van der Waals surface area contributed by atoms with Gasteiger partial charge in [0.05, 0.1) is 19.6 Å². The normalized spacial score (nSPS) is 32.4. The summed E-state index contributed by atoms with van der Waals surface area (Å²) < 4.78 is -0.0315. The highest BCUT2D eigenvalue weighted by Crippen LogP contribution is 2.32. The molecule has 0 aromatic heterocycles. The zero-order valence-corrected chi connectivity index (χ0v) is 11.0. The molecule has 0 spiro atoms. The molecule has 0 radical (unpaired) electrons. The van der Waals surface area contributed by atoms with Crippen LogP contribution in [0.4, 0.5) is 0 Å². The Labute approximate surface area is 94.8 Å². The van der Waals surface area contributed by atoms with Crippen LogP contribution in [0.25, 0.3) is 0 Å². The van der Waals surface area contributed by atoms with E-state index in [1.54, 1.807) is 0 Å². The summed E-state index contributed by atoms with van der Waals surface area (Å²) in [5, 5.41) is 12.5. The number of hydrogen-bond donors (Lipinski definition) is 0. The minimum Gasteiger partial charge on any atom is -0.633 e. The summed E-state index contributed by atoms with van der Waals surface area (Å²) in [5.74, 6) is 0.830. The fourth-order valence-electron chi connectivity index (χ4n) is 2.86. The maximum absolute atomic E-state index is 12.5. The van der Waals surface area contributed by atoms with Gasteiger partial charge in [0.15, 0.2) is 0 Å². The summed E-state index contributed by atoms with van der Waals surface area (Å²) >= 11 is 0. The van der Waals surface area contributed by atoms with Gasteiger partial charge < -0.3 is 9.85 Å². The summed E-state index contributed by atoms with van der Waals surface area (Å²) in [4.78, 5) is 0. The van der Waals surface area contributed by atoms with Crippen LogP contribution in [0.5, 0.6) is 0 Å². The molecule has 1 aliphatic carbocycles. The highest BCUT2D eigenvalue weighted by Gasteiger charge is 2.32. The van der Waals surface area contributed by atoms with Gasteiger partial charge in [0, 0.05) is 5.41 Å². The van der Waals surface area contributed by atoms with Crippen LogP contribution in [-0.2, 0) is 0 Å². The molecule has 2 heteroatoms. The lowest BCUT2D eigenvalue weighted by Crippen LogP contribution is -2.52. The van der Waals surface area contributed by atoms with Gasteiger partial charge in [0.1, 0.15) is 0 Å². The van der Waals surface area contributed by atoms with Crippen molar-refractivity contribution in [1.29, 1.82) is 0 Å². The molecule has 0 aromatic rings. The average molecular weight is 213 g/mol. The second-order valence-corrected chi connectivity index (χ2v) is 6.81. The highest BCUT2D eigenvalue weighted by molar-refractivity contribution is 4.73. The van der Waals surface area contributed by atoms with Crippen LogP contribution in [0.15, 0.2) is 0 Å². The monoisotopic (exact) mass is 213 g/mol. The van der Waals surface area contributed by atoms with Crippen LogP contribution in [0.1, 0.15) is 53.4 Å². The number of nitrogens with zero attached hydrogens (tertiary/aromatic N) is 1. The first kappa shape index (κ1) is 13.0. The third kappa shape index (κ3) is 4.12. The van der Waals surface area contributed by atoms with Gasteiger partial charge in [0.2, 0.25) is 0 Å². The van der Waals surface area contributed by atoms with E-state index in [0.717, 1.165) is 25.3 Å². The third-order valence-electron chi connectivity index (χ3n) is 3.55. The molecule has 2 nitrogen and oxygen atoms in total. The fraction of sp³-hybridized carbons (Fsp3) is 1.00. The van der Waals surface area contributed by atoms with Gasteiger partial charge in [-0.3, -0.25) is 0 Å². The van der Waals surface area contributed by atoms with Crippen molar-refractivity contribution in [3.63, 3.8) is 0 Å². The van der Waals surface area contributed by atoms with E-state index in [1.165, 1.54) is 12.8 Å². The molecule has 0 amide bonds. The van der Waals surface area contributed by atoms with Crippen molar-refractivity contribution >= 4 is 0 Å². The fourth-order valence-corrected chi connectivity index (χ4v) is 2.86. The highest BCUT2D eigenvalue weighted by atomic mass is 16.5. The smallest absolute Gasteiger partial charge is 0.0885 e. The number of hydrogen-bond acceptors (Lipinski definition) is 1. The van der Waals surface area contributed by atoms with E-state index in [-0.39, 0.29) is 10.1 Å². The van der Waals surface area contributed by atoms with Crippen LogP contribution in [0, 0.1) is 16.5 Å². The predicted octanol–water partition coefficient (Wildman–Crippen LogP) is 3.56. The lowest BCUT2D eigenvalue weighted by Gasteiger charge is -2.50. The van der Waals surface area contributed by atoms with Crippen LogP contribution in [0.2, 0.25) is 0 Å². The van der Waals surface area contributed by atoms with Gasteiger partial charge in [-0.25, -0.2) is 0 Å². The van der Waals surface area contributed by atoms with Crippen LogP contribution >= 0.6 is 0 Å². The van der Waals surface area contributed by atoms with Crippen molar-refractivity contribution in [3.8, 4) is 0 Å². The van der Waals surface area contributed by atoms with Gasteiger partial charge >= 0.3 is 0 Å². The van der Waals surface area contributed by atoms with Gasteiger partial charge in [-0.2, -0.15) is 0 Å². The standard InChI is InChI=1S/C13H27NO/c1-11-6-8-12(9-7-11)14(5,15)10-13(2,3)4/h11-12H,6-10H2,1-5H3/t11?,12?,14-/m0/s1. The Hall–Kier alpha value is -0.0800. The Morgan fingerprint density at radius 2 is 1.60 bits per heavy atom. The lowest BCUT2D eigenvalue weighted by molar-refractivity contribution is -0.894. The molecular weight excluding hydrogens is 186 g/mol. The summed E-state index contributed by atoms with van der Waals surface area (Å²) in [7, 11) is 1.87. The zero-order valence-electron chi connectivity index (χ0n) is 11.0.